The maximum atomic E-state index is 14.0. The van der Waals surface area contributed by atoms with E-state index in [0.717, 1.165) is 25.7 Å². The number of aliphatic hydroxyl groups excluding tert-OH is 1. The van der Waals surface area contributed by atoms with Gasteiger partial charge < -0.3 is 9.84 Å². The first-order valence-electron chi connectivity index (χ1n) is 6.72. The highest BCUT2D eigenvalue weighted by Gasteiger charge is 2.23. The van der Waals surface area contributed by atoms with Crippen LogP contribution < -0.4 is 4.74 Å². The van der Waals surface area contributed by atoms with Gasteiger partial charge in [0.05, 0.1) is 13.2 Å². The molecule has 18 heavy (non-hydrogen) atoms. The van der Waals surface area contributed by atoms with Gasteiger partial charge in [-0.15, -0.1) is 0 Å². The molecule has 2 rings (SSSR count). The lowest BCUT2D eigenvalue weighted by Gasteiger charge is -2.20. The number of benzene rings is 1. The van der Waals surface area contributed by atoms with Crippen LogP contribution in [0.15, 0.2) is 18.2 Å². The van der Waals surface area contributed by atoms with Gasteiger partial charge >= 0.3 is 0 Å². The third-order valence-electron chi connectivity index (χ3n) is 3.86. The molecule has 1 aromatic carbocycles. The van der Waals surface area contributed by atoms with E-state index in [4.69, 9.17) is 4.74 Å². The lowest BCUT2D eigenvalue weighted by atomic mass is 9.90. The molecule has 0 aliphatic heterocycles. The van der Waals surface area contributed by atoms with Crippen molar-refractivity contribution >= 4 is 0 Å². The normalized spacial score (nSPS) is 24.6. The van der Waals surface area contributed by atoms with Crippen molar-refractivity contribution in [1.82, 2.24) is 0 Å². The molecule has 0 radical (unpaired) electrons. The van der Waals surface area contributed by atoms with Crippen LogP contribution >= 0.6 is 0 Å². The first kappa shape index (κ1) is 13.3. The van der Waals surface area contributed by atoms with E-state index in [0.29, 0.717) is 12.0 Å². The number of hydrogen-bond acceptors (Lipinski definition) is 2. The Morgan fingerprint density at radius 2 is 2.06 bits per heavy atom. The van der Waals surface area contributed by atoms with Crippen LogP contribution in [0.2, 0.25) is 0 Å². The van der Waals surface area contributed by atoms with Gasteiger partial charge in [0.1, 0.15) is 0 Å². The third-order valence-corrected chi connectivity index (χ3v) is 3.86. The zero-order valence-electron chi connectivity index (χ0n) is 10.9. The van der Waals surface area contributed by atoms with Crippen LogP contribution in [0.1, 0.15) is 37.7 Å². The molecule has 0 saturated heterocycles. The van der Waals surface area contributed by atoms with E-state index in [1.54, 1.807) is 18.2 Å². The number of rotatable bonds is 3. The number of ether oxygens (including phenoxy) is 1. The summed E-state index contributed by atoms with van der Waals surface area (Å²) in [5.41, 5.74) is 0.653. The van der Waals surface area contributed by atoms with Crippen molar-refractivity contribution < 1.29 is 14.2 Å². The highest BCUT2D eigenvalue weighted by Crippen LogP contribution is 2.29. The Bertz CT molecular complexity index is 392. The topological polar surface area (TPSA) is 29.5 Å². The summed E-state index contributed by atoms with van der Waals surface area (Å²) in [6.45, 7) is 0. The summed E-state index contributed by atoms with van der Waals surface area (Å²) in [6, 6.07) is 5.22. The fourth-order valence-corrected chi connectivity index (χ4v) is 2.76. The molecule has 0 amide bonds. The van der Waals surface area contributed by atoms with E-state index in [1.807, 2.05) is 0 Å². The van der Waals surface area contributed by atoms with E-state index in [-0.39, 0.29) is 23.6 Å². The maximum Gasteiger partial charge on any atom is 0.168 e. The smallest absolute Gasteiger partial charge is 0.168 e. The highest BCUT2D eigenvalue weighted by atomic mass is 19.1. The number of hydrogen-bond donors (Lipinski definition) is 1. The molecule has 1 saturated carbocycles. The molecule has 2 unspecified atom stereocenters. The summed E-state index contributed by atoms with van der Waals surface area (Å²) in [6.07, 6.45) is 5.52. The van der Waals surface area contributed by atoms with Crippen molar-refractivity contribution in [2.24, 2.45) is 5.92 Å². The molecule has 1 aliphatic carbocycles. The number of methoxy groups -OCH3 is 1. The molecule has 100 valence electrons. The predicted octanol–water partition coefficient (Wildman–Crippen LogP) is 3.32. The van der Waals surface area contributed by atoms with Gasteiger partial charge in [-0.2, -0.15) is 0 Å². The highest BCUT2D eigenvalue weighted by molar-refractivity contribution is 5.31. The second-order valence-electron chi connectivity index (χ2n) is 5.10. The van der Waals surface area contributed by atoms with E-state index >= 15 is 0 Å². The lowest BCUT2D eigenvalue weighted by Crippen LogP contribution is -2.21. The van der Waals surface area contributed by atoms with Crippen molar-refractivity contribution in [3.8, 4) is 5.75 Å². The summed E-state index contributed by atoms with van der Waals surface area (Å²) in [5.74, 6) is 0.182. The molecule has 0 bridgehead atoms. The molecule has 3 heteroatoms. The van der Waals surface area contributed by atoms with Crippen LogP contribution in [0.25, 0.3) is 0 Å². The zero-order chi connectivity index (χ0) is 13.0. The largest absolute Gasteiger partial charge is 0.494 e. The Morgan fingerprint density at radius 3 is 2.83 bits per heavy atom. The molecule has 1 fully saturated rings. The van der Waals surface area contributed by atoms with Crippen molar-refractivity contribution in [1.29, 1.82) is 0 Å². The van der Waals surface area contributed by atoms with Crippen molar-refractivity contribution in [2.75, 3.05) is 7.11 Å². The standard InChI is InChI=1S/C15H21FO2/c1-18-14-9-5-7-12(15(14)16)10-11-6-3-2-4-8-13(11)17/h5,7,9,11,13,17H,2-4,6,8,10H2,1H3. The third kappa shape index (κ3) is 3.02. The summed E-state index contributed by atoms with van der Waals surface area (Å²) in [5, 5.41) is 10.1. The minimum Gasteiger partial charge on any atom is -0.494 e. The van der Waals surface area contributed by atoms with Gasteiger partial charge in [0.2, 0.25) is 0 Å². The Hall–Kier alpha value is -1.09. The molecule has 0 aromatic heterocycles. The quantitative estimate of drug-likeness (QED) is 0.836. The average Bonchev–Trinajstić information content (AvgIpc) is 2.57. The summed E-state index contributed by atoms with van der Waals surface area (Å²) in [4.78, 5) is 0. The van der Waals surface area contributed by atoms with Crippen molar-refractivity contribution in [2.45, 2.75) is 44.6 Å². The van der Waals surface area contributed by atoms with E-state index in [9.17, 15) is 9.50 Å². The molecule has 0 heterocycles. The van der Waals surface area contributed by atoms with E-state index in [2.05, 4.69) is 0 Å². The van der Waals surface area contributed by atoms with Crippen LogP contribution in [0.4, 0.5) is 4.39 Å². The maximum absolute atomic E-state index is 14.0. The average molecular weight is 252 g/mol. The van der Waals surface area contributed by atoms with Gasteiger partial charge in [-0.1, -0.05) is 31.4 Å². The monoisotopic (exact) mass is 252 g/mol. The Labute approximate surface area is 108 Å². The van der Waals surface area contributed by atoms with Gasteiger partial charge in [-0.05, 0) is 36.8 Å². The molecule has 1 aromatic rings. The van der Waals surface area contributed by atoms with Crippen LogP contribution in [0.5, 0.6) is 5.75 Å². The summed E-state index contributed by atoms with van der Waals surface area (Å²) < 4.78 is 19.0. The molecule has 2 nitrogen and oxygen atoms in total. The predicted molar refractivity (Wildman–Crippen MR) is 69.2 cm³/mol. The Kier molecular flexibility index (Phi) is 4.59. The second kappa shape index (κ2) is 6.19. The molecule has 1 aliphatic rings. The van der Waals surface area contributed by atoms with E-state index < -0.39 is 0 Å². The fraction of sp³-hybridized carbons (Fsp3) is 0.600. The minimum atomic E-state index is -0.293. The Morgan fingerprint density at radius 1 is 1.28 bits per heavy atom. The van der Waals surface area contributed by atoms with Gasteiger partial charge in [0.25, 0.3) is 0 Å². The molecular formula is C15H21FO2. The molecule has 1 N–H and O–H groups in total. The van der Waals surface area contributed by atoms with E-state index in [1.165, 1.54) is 13.5 Å². The fourth-order valence-electron chi connectivity index (χ4n) is 2.76. The van der Waals surface area contributed by atoms with Gasteiger partial charge in [0.15, 0.2) is 11.6 Å². The van der Waals surface area contributed by atoms with Gasteiger partial charge in [-0.25, -0.2) is 4.39 Å². The number of aliphatic hydroxyl groups is 1. The van der Waals surface area contributed by atoms with Crippen molar-refractivity contribution in [3.05, 3.63) is 29.6 Å². The first-order chi connectivity index (χ1) is 8.72. The summed E-state index contributed by atoms with van der Waals surface area (Å²) >= 11 is 0. The van der Waals surface area contributed by atoms with Gasteiger partial charge in [0, 0.05) is 0 Å². The summed E-state index contributed by atoms with van der Waals surface area (Å²) in [7, 11) is 1.47. The second-order valence-corrected chi connectivity index (χ2v) is 5.10. The van der Waals surface area contributed by atoms with Crippen LogP contribution in [0, 0.1) is 11.7 Å². The van der Waals surface area contributed by atoms with Crippen LogP contribution in [0.3, 0.4) is 0 Å². The zero-order valence-corrected chi connectivity index (χ0v) is 10.9. The minimum absolute atomic E-state index is 0.175. The van der Waals surface area contributed by atoms with Gasteiger partial charge in [-0.3, -0.25) is 0 Å². The SMILES string of the molecule is COc1cccc(CC2CCCCCC2O)c1F. The van der Waals surface area contributed by atoms with Crippen LogP contribution in [-0.4, -0.2) is 18.3 Å². The first-order valence-corrected chi connectivity index (χ1v) is 6.72. The molecular weight excluding hydrogens is 231 g/mol. The lowest BCUT2D eigenvalue weighted by molar-refractivity contribution is 0.100. The Balaban J connectivity index is 2.12. The van der Waals surface area contributed by atoms with Crippen molar-refractivity contribution in [3.63, 3.8) is 0 Å². The number of halogens is 1. The molecule has 0 spiro atoms. The molecule has 2 atom stereocenters. The van der Waals surface area contributed by atoms with Crippen LogP contribution in [-0.2, 0) is 6.42 Å².